The maximum Gasteiger partial charge on any atom is 0.355 e. The van der Waals surface area contributed by atoms with Crippen molar-refractivity contribution in [3.8, 4) is 0 Å². The van der Waals surface area contributed by atoms with E-state index in [1.54, 1.807) is 60.8 Å². The predicted octanol–water partition coefficient (Wildman–Crippen LogP) is 2.90. The average Bonchev–Trinajstić information content (AvgIpc) is 3.10. The normalized spacial score (nSPS) is 23.0. The van der Waals surface area contributed by atoms with Crippen LogP contribution in [-0.2, 0) is 34.2 Å². The van der Waals surface area contributed by atoms with Gasteiger partial charge in [-0.2, -0.15) is 0 Å². The molecule has 8 heteroatoms. The lowest BCUT2D eigenvalue weighted by Gasteiger charge is -2.44. The molecule has 3 heterocycles. The Morgan fingerprint density at radius 2 is 1.64 bits per heavy atom. The Morgan fingerprint density at radius 3 is 2.36 bits per heavy atom. The molecule has 0 saturated carbocycles. The summed E-state index contributed by atoms with van der Waals surface area (Å²) in [5, 5.41) is 0. The third-order valence-electron chi connectivity index (χ3n) is 5.86. The van der Waals surface area contributed by atoms with Crippen LogP contribution in [0.5, 0.6) is 0 Å². The SMILES string of the molecule is COC(=O)C1=C(C(=O)OC)[C@@]2(O[C@H]3C=CC=CN13)C(=O)N(c1ccccc1)c1ccccc12. The topological polar surface area (TPSA) is 85.4 Å². The van der Waals surface area contributed by atoms with E-state index in [1.807, 2.05) is 18.2 Å². The fraction of sp³-hybridized carbons (Fsp3) is 0.160. The predicted molar refractivity (Wildman–Crippen MR) is 118 cm³/mol. The molecule has 1 amide bonds. The van der Waals surface area contributed by atoms with E-state index in [4.69, 9.17) is 14.2 Å². The monoisotopic (exact) mass is 444 g/mol. The molecule has 3 aliphatic rings. The number of nitrogens with zero attached hydrogens (tertiary/aromatic N) is 2. The first kappa shape index (κ1) is 20.7. The Bertz CT molecular complexity index is 1250. The van der Waals surface area contributed by atoms with Gasteiger partial charge in [0.25, 0.3) is 5.91 Å². The Morgan fingerprint density at radius 1 is 0.939 bits per heavy atom. The molecule has 8 nitrogen and oxygen atoms in total. The molecular formula is C25H20N2O6. The van der Waals surface area contributed by atoms with Gasteiger partial charge in [-0.15, -0.1) is 0 Å². The fourth-order valence-corrected chi connectivity index (χ4v) is 4.50. The van der Waals surface area contributed by atoms with E-state index in [9.17, 15) is 14.4 Å². The van der Waals surface area contributed by atoms with E-state index in [1.165, 1.54) is 24.0 Å². The maximum atomic E-state index is 14.2. The summed E-state index contributed by atoms with van der Waals surface area (Å²) in [5.74, 6) is -2.18. The van der Waals surface area contributed by atoms with Crippen LogP contribution in [0.1, 0.15) is 5.56 Å². The molecule has 2 aromatic rings. The van der Waals surface area contributed by atoms with Gasteiger partial charge in [0, 0.05) is 17.5 Å². The second-order valence-corrected chi connectivity index (χ2v) is 7.52. The first-order valence-electron chi connectivity index (χ1n) is 10.3. The number of hydrogen-bond donors (Lipinski definition) is 0. The quantitative estimate of drug-likeness (QED) is 0.673. The number of benzene rings is 2. The number of fused-ring (bicyclic) bond motifs is 3. The van der Waals surface area contributed by atoms with Gasteiger partial charge >= 0.3 is 11.9 Å². The van der Waals surface area contributed by atoms with E-state index in [2.05, 4.69) is 0 Å². The number of anilines is 2. The number of carbonyl (C=O) groups is 3. The van der Waals surface area contributed by atoms with Crippen molar-refractivity contribution in [1.29, 1.82) is 0 Å². The van der Waals surface area contributed by atoms with Crippen LogP contribution < -0.4 is 4.90 Å². The van der Waals surface area contributed by atoms with Gasteiger partial charge in [0.1, 0.15) is 11.3 Å². The average molecular weight is 444 g/mol. The third kappa shape index (κ3) is 2.84. The minimum Gasteiger partial charge on any atom is -0.465 e. The van der Waals surface area contributed by atoms with Gasteiger partial charge in [-0.3, -0.25) is 9.69 Å². The minimum atomic E-state index is -1.92. The lowest BCUT2D eigenvalue weighted by molar-refractivity contribution is -0.168. The number of carbonyl (C=O) groups excluding carboxylic acids is 3. The first-order chi connectivity index (χ1) is 16.0. The smallest absolute Gasteiger partial charge is 0.355 e. The summed E-state index contributed by atoms with van der Waals surface area (Å²) in [6, 6.07) is 16.1. The van der Waals surface area contributed by atoms with E-state index >= 15 is 0 Å². The Hall–Kier alpha value is -4.17. The highest BCUT2D eigenvalue weighted by atomic mass is 16.6. The molecule has 0 aliphatic carbocycles. The second-order valence-electron chi connectivity index (χ2n) is 7.52. The summed E-state index contributed by atoms with van der Waals surface area (Å²) in [6.45, 7) is 0. The highest BCUT2D eigenvalue weighted by molar-refractivity contribution is 6.19. The number of allylic oxidation sites excluding steroid dienone is 2. The molecule has 5 rings (SSSR count). The highest BCUT2D eigenvalue weighted by Crippen LogP contribution is 2.54. The van der Waals surface area contributed by atoms with Crippen molar-refractivity contribution in [2.45, 2.75) is 11.8 Å². The summed E-state index contributed by atoms with van der Waals surface area (Å²) in [5.41, 5.74) is -0.685. The molecule has 0 unspecified atom stereocenters. The van der Waals surface area contributed by atoms with Crippen LogP contribution in [0.4, 0.5) is 11.4 Å². The summed E-state index contributed by atoms with van der Waals surface area (Å²) < 4.78 is 16.5. The molecule has 2 atom stereocenters. The lowest BCUT2D eigenvalue weighted by Crippen LogP contribution is -2.55. The number of ether oxygens (including phenoxy) is 3. The molecule has 0 N–H and O–H groups in total. The zero-order valence-corrected chi connectivity index (χ0v) is 17.9. The molecule has 1 spiro atoms. The van der Waals surface area contributed by atoms with Crippen molar-refractivity contribution in [2.24, 2.45) is 0 Å². The third-order valence-corrected chi connectivity index (χ3v) is 5.86. The number of amides is 1. The highest BCUT2D eigenvalue weighted by Gasteiger charge is 2.63. The van der Waals surface area contributed by atoms with Crippen LogP contribution in [0, 0.1) is 0 Å². The van der Waals surface area contributed by atoms with E-state index in [0.717, 1.165) is 0 Å². The molecule has 166 valence electrons. The summed E-state index contributed by atoms with van der Waals surface area (Å²) >= 11 is 0. The van der Waals surface area contributed by atoms with E-state index in [0.29, 0.717) is 16.9 Å². The number of para-hydroxylation sites is 2. The van der Waals surface area contributed by atoms with Gasteiger partial charge in [0.2, 0.25) is 5.60 Å². The van der Waals surface area contributed by atoms with Gasteiger partial charge < -0.3 is 19.1 Å². The van der Waals surface area contributed by atoms with Crippen molar-refractivity contribution < 1.29 is 28.6 Å². The number of methoxy groups -OCH3 is 2. The standard InChI is InChI=1S/C25H20N2O6/c1-31-22(28)20-21(23(29)32-2)26-15-9-8-14-19(26)33-25(20)17-12-6-7-13-18(17)27(24(25)30)16-10-4-3-5-11-16/h3-15,19H,1-2H3/t19-,25+/m0/s1. The van der Waals surface area contributed by atoms with Crippen LogP contribution in [0.3, 0.4) is 0 Å². The van der Waals surface area contributed by atoms with Crippen LogP contribution in [0.2, 0.25) is 0 Å². The molecule has 0 aromatic heterocycles. The number of esters is 2. The van der Waals surface area contributed by atoms with Crippen molar-refractivity contribution in [3.63, 3.8) is 0 Å². The van der Waals surface area contributed by atoms with Gasteiger partial charge in [-0.25, -0.2) is 9.59 Å². The van der Waals surface area contributed by atoms with E-state index in [-0.39, 0.29) is 11.3 Å². The van der Waals surface area contributed by atoms with E-state index < -0.39 is 29.7 Å². The zero-order chi connectivity index (χ0) is 23.2. The minimum absolute atomic E-state index is 0.112. The fourth-order valence-electron chi connectivity index (χ4n) is 4.50. The van der Waals surface area contributed by atoms with Crippen molar-refractivity contribution in [1.82, 2.24) is 4.90 Å². The summed E-state index contributed by atoms with van der Waals surface area (Å²) in [6.07, 6.45) is 5.89. The molecule has 2 aromatic carbocycles. The lowest BCUT2D eigenvalue weighted by atomic mass is 9.83. The first-order valence-corrected chi connectivity index (χ1v) is 10.3. The Kier molecular flexibility index (Phi) is 4.87. The summed E-state index contributed by atoms with van der Waals surface area (Å²) in [7, 11) is 2.40. The van der Waals surface area contributed by atoms with Gasteiger partial charge in [0.05, 0.1) is 19.9 Å². The van der Waals surface area contributed by atoms with Crippen molar-refractivity contribution in [3.05, 3.63) is 95.9 Å². The van der Waals surface area contributed by atoms with Crippen molar-refractivity contribution >= 4 is 29.2 Å². The van der Waals surface area contributed by atoms with Crippen LogP contribution in [0.25, 0.3) is 0 Å². The van der Waals surface area contributed by atoms with Gasteiger partial charge in [-0.1, -0.05) is 42.5 Å². The zero-order valence-electron chi connectivity index (χ0n) is 17.9. The number of hydrogen-bond acceptors (Lipinski definition) is 7. The number of rotatable bonds is 3. The molecule has 0 saturated heterocycles. The maximum absolute atomic E-state index is 14.2. The van der Waals surface area contributed by atoms with Crippen LogP contribution in [-0.4, -0.2) is 43.2 Å². The molecule has 0 fully saturated rings. The second kappa shape index (κ2) is 7.75. The Balaban J connectivity index is 1.86. The van der Waals surface area contributed by atoms with Gasteiger partial charge in [-0.05, 0) is 30.4 Å². The largest absolute Gasteiger partial charge is 0.465 e. The summed E-state index contributed by atoms with van der Waals surface area (Å²) in [4.78, 5) is 43.4. The molecule has 0 radical (unpaired) electrons. The van der Waals surface area contributed by atoms with Gasteiger partial charge in [0.15, 0.2) is 6.23 Å². The Labute approximate surface area is 189 Å². The molecule has 33 heavy (non-hydrogen) atoms. The molecular weight excluding hydrogens is 424 g/mol. The van der Waals surface area contributed by atoms with Crippen LogP contribution in [0.15, 0.2) is 90.3 Å². The van der Waals surface area contributed by atoms with Crippen LogP contribution >= 0.6 is 0 Å². The van der Waals surface area contributed by atoms with Crippen molar-refractivity contribution in [2.75, 3.05) is 19.1 Å². The molecule has 0 bridgehead atoms. The molecule has 3 aliphatic heterocycles.